The third-order valence-electron chi connectivity index (χ3n) is 4.45. The molecule has 1 aliphatic rings. The number of methoxy groups -OCH3 is 2. The number of nitro groups is 1. The minimum absolute atomic E-state index is 0.0997. The Kier molecular flexibility index (Phi) is 6.80. The summed E-state index contributed by atoms with van der Waals surface area (Å²) in [6.07, 6.45) is 1.18. The lowest BCUT2D eigenvalue weighted by Gasteiger charge is -2.11. The van der Waals surface area contributed by atoms with E-state index in [4.69, 9.17) is 19.0 Å². The number of rotatable bonds is 9. The van der Waals surface area contributed by atoms with Crippen LogP contribution in [0.25, 0.3) is 6.08 Å². The zero-order chi connectivity index (χ0) is 25.0. The van der Waals surface area contributed by atoms with Crippen LogP contribution in [0, 0.1) is 10.1 Å². The molecule has 1 aromatic carbocycles. The number of esters is 1. The zero-order valence-corrected chi connectivity index (χ0v) is 17.7. The van der Waals surface area contributed by atoms with E-state index in [-0.39, 0.29) is 35.1 Å². The van der Waals surface area contributed by atoms with Crippen LogP contribution in [0.2, 0.25) is 0 Å². The number of imide groups is 1. The van der Waals surface area contributed by atoms with Crippen molar-refractivity contribution in [3.63, 3.8) is 0 Å². The van der Waals surface area contributed by atoms with Crippen LogP contribution >= 0.6 is 0 Å². The first-order valence-corrected chi connectivity index (χ1v) is 9.37. The summed E-state index contributed by atoms with van der Waals surface area (Å²) in [6, 6.07) is 4.25. The van der Waals surface area contributed by atoms with Crippen LogP contribution in [0.3, 0.4) is 0 Å². The molecule has 2 N–H and O–H groups in total. The standard InChI is InChI=1S/C20H17N3O11/c1-31-15-7-10(6-13(23(29)30)17(15)33-9-16(24)25)5-12-18(26)22(20(28)21-12)8-11-3-4-14(34-11)19(27)32-2/h3-7H,8-9H2,1-2H3,(H,21,28)(H,24,25). The summed E-state index contributed by atoms with van der Waals surface area (Å²) in [5, 5.41) is 22.6. The van der Waals surface area contributed by atoms with Crippen LogP contribution in [0.4, 0.5) is 10.5 Å². The second kappa shape index (κ2) is 9.72. The molecule has 0 aliphatic carbocycles. The fraction of sp³-hybridized carbons (Fsp3) is 0.200. The molecule has 14 heteroatoms. The van der Waals surface area contributed by atoms with E-state index in [9.17, 15) is 29.3 Å². The number of amides is 3. The van der Waals surface area contributed by atoms with Crippen molar-refractivity contribution in [2.75, 3.05) is 20.8 Å². The molecule has 1 aliphatic heterocycles. The molecule has 0 atom stereocenters. The Morgan fingerprint density at radius 1 is 1.26 bits per heavy atom. The van der Waals surface area contributed by atoms with E-state index in [1.54, 1.807) is 0 Å². The lowest BCUT2D eigenvalue weighted by atomic mass is 10.1. The van der Waals surface area contributed by atoms with E-state index >= 15 is 0 Å². The summed E-state index contributed by atoms with van der Waals surface area (Å²) >= 11 is 0. The number of hydrogen-bond donors (Lipinski definition) is 2. The van der Waals surface area contributed by atoms with E-state index in [2.05, 4.69) is 10.1 Å². The molecule has 2 heterocycles. The highest BCUT2D eigenvalue weighted by Gasteiger charge is 2.35. The molecule has 1 fully saturated rings. The minimum Gasteiger partial charge on any atom is -0.493 e. The first-order valence-electron chi connectivity index (χ1n) is 9.37. The Hall–Kier alpha value is -4.88. The fourth-order valence-corrected chi connectivity index (χ4v) is 2.97. The monoisotopic (exact) mass is 475 g/mol. The van der Waals surface area contributed by atoms with E-state index in [0.717, 1.165) is 11.0 Å². The van der Waals surface area contributed by atoms with Gasteiger partial charge in [0.2, 0.25) is 11.5 Å². The van der Waals surface area contributed by atoms with Crippen LogP contribution in [0.1, 0.15) is 21.9 Å². The van der Waals surface area contributed by atoms with Gasteiger partial charge in [-0.15, -0.1) is 0 Å². The number of benzene rings is 1. The van der Waals surface area contributed by atoms with Crippen LogP contribution in [-0.2, 0) is 20.9 Å². The van der Waals surface area contributed by atoms with E-state index in [0.29, 0.717) is 0 Å². The minimum atomic E-state index is -1.35. The van der Waals surface area contributed by atoms with Crippen molar-refractivity contribution in [2.45, 2.75) is 6.54 Å². The normalized spacial score (nSPS) is 14.2. The molecule has 0 bridgehead atoms. The summed E-state index contributed by atoms with van der Waals surface area (Å²) in [6.45, 7) is -1.13. The number of ether oxygens (including phenoxy) is 3. The van der Waals surface area contributed by atoms with Gasteiger partial charge in [-0.3, -0.25) is 19.8 Å². The van der Waals surface area contributed by atoms with Gasteiger partial charge in [0.05, 0.1) is 25.7 Å². The van der Waals surface area contributed by atoms with Gasteiger partial charge in [0.15, 0.2) is 12.4 Å². The Balaban J connectivity index is 1.88. The van der Waals surface area contributed by atoms with Gasteiger partial charge >= 0.3 is 23.7 Å². The average Bonchev–Trinajstić information content (AvgIpc) is 3.37. The van der Waals surface area contributed by atoms with Crippen LogP contribution in [0.5, 0.6) is 11.5 Å². The number of nitrogens with one attached hydrogen (secondary N) is 1. The first kappa shape index (κ1) is 23.8. The highest BCUT2D eigenvalue weighted by molar-refractivity contribution is 6.13. The van der Waals surface area contributed by atoms with Crippen molar-refractivity contribution in [3.8, 4) is 11.5 Å². The smallest absolute Gasteiger partial charge is 0.373 e. The molecule has 3 amide bonds. The molecule has 1 aromatic heterocycles. The number of carbonyl (C=O) groups is 4. The number of carboxylic acid groups (broad SMARTS) is 1. The van der Waals surface area contributed by atoms with Crippen molar-refractivity contribution in [1.29, 1.82) is 0 Å². The lowest BCUT2D eigenvalue weighted by molar-refractivity contribution is -0.385. The highest BCUT2D eigenvalue weighted by atomic mass is 16.6. The molecular formula is C20H17N3O11. The van der Waals surface area contributed by atoms with Gasteiger partial charge in [0.1, 0.15) is 11.5 Å². The van der Waals surface area contributed by atoms with Crippen LogP contribution < -0.4 is 14.8 Å². The van der Waals surface area contributed by atoms with Gasteiger partial charge in [0.25, 0.3) is 5.91 Å². The predicted molar refractivity (Wildman–Crippen MR) is 110 cm³/mol. The molecule has 0 saturated carbocycles. The number of carboxylic acids is 1. The average molecular weight is 475 g/mol. The summed E-state index contributed by atoms with van der Waals surface area (Å²) in [7, 11) is 2.36. The summed E-state index contributed by atoms with van der Waals surface area (Å²) < 4.78 is 19.8. The Bertz CT molecular complexity index is 1210. The van der Waals surface area contributed by atoms with E-state index in [1.165, 1.54) is 38.5 Å². The molecule has 0 unspecified atom stereocenters. The number of carbonyl (C=O) groups excluding carboxylic acids is 3. The SMILES string of the molecule is COC(=O)c1ccc(CN2C(=O)NC(=Cc3cc(OC)c(OCC(=O)O)c([N+](=O)[O-])c3)C2=O)o1. The summed E-state index contributed by atoms with van der Waals surface area (Å²) in [4.78, 5) is 58.8. The number of hydrogen-bond acceptors (Lipinski definition) is 10. The Morgan fingerprint density at radius 3 is 2.62 bits per heavy atom. The maximum Gasteiger partial charge on any atom is 0.373 e. The van der Waals surface area contributed by atoms with Crippen molar-refractivity contribution < 1.29 is 47.8 Å². The maximum atomic E-state index is 12.7. The summed E-state index contributed by atoms with van der Waals surface area (Å²) in [5.41, 5.74) is -0.699. The predicted octanol–water partition coefficient (Wildman–Crippen LogP) is 1.54. The van der Waals surface area contributed by atoms with Crippen LogP contribution in [-0.4, -0.2) is 59.6 Å². The Morgan fingerprint density at radius 2 is 2.00 bits per heavy atom. The van der Waals surface area contributed by atoms with Gasteiger partial charge in [-0.05, 0) is 29.8 Å². The lowest BCUT2D eigenvalue weighted by Crippen LogP contribution is -2.30. The molecule has 0 radical (unpaired) electrons. The van der Waals surface area contributed by atoms with Crippen molar-refractivity contribution in [3.05, 3.63) is 57.2 Å². The van der Waals surface area contributed by atoms with Gasteiger partial charge in [0, 0.05) is 6.07 Å². The maximum absolute atomic E-state index is 12.7. The molecule has 1 saturated heterocycles. The third kappa shape index (κ3) is 4.95. The number of nitrogens with zero attached hydrogens (tertiary/aromatic N) is 2. The second-order valence-corrected chi connectivity index (χ2v) is 6.65. The molecule has 14 nitrogen and oxygen atoms in total. The molecular weight excluding hydrogens is 458 g/mol. The largest absolute Gasteiger partial charge is 0.493 e. The van der Waals surface area contributed by atoms with Gasteiger partial charge in [-0.25, -0.2) is 14.4 Å². The second-order valence-electron chi connectivity index (χ2n) is 6.65. The number of nitro benzene ring substituents is 1. The van der Waals surface area contributed by atoms with E-state index < -0.39 is 46.8 Å². The molecule has 34 heavy (non-hydrogen) atoms. The van der Waals surface area contributed by atoms with Crippen molar-refractivity contribution >= 4 is 35.6 Å². The van der Waals surface area contributed by atoms with Crippen molar-refractivity contribution in [2.24, 2.45) is 0 Å². The Labute approximate surface area is 190 Å². The molecule has 2 aromatic rings. The molecule has 3 rings (SSSR count). The number of urea groups is 1. The molecule has 0 spiro atoms. The van der Waals surface area contributed by atoms with Crippen LogP contribution in [0.15, 0.2) is 34.4 Å². The number of furan rings is 1. The molecule has 178 valence electrons. The van der Waals surface area contributed by atoms with Gasteiger partial charge in [-0.2, -0.15) is 0 Å². The fourth-order valence-electron chi connectivity index (χ4n) is 2.97. The first-order chi connectivity index (χ1) is 16.1. The summed E-state index contributed by atoms with van der Waals surface area (Å²) in [5.74, 6) is -3.35. The van der Waals surface area contributed by atoms with E-state index in [1.807, 2.05) is 0 Å². The van der Waals surface area contributed by atoms with Gasteiger partial charge < -0.3 is 29.1 Å². The van der Waals surface area contributed by atoms with Crippen molar-refractivity contribution in [1.82, 2.24) is 10.2 Å². The number of aliphatic carboxylic acids is 1. The quantitative estimate of drug-likeness (QED) is 0.176. The van der Waals surface area contributed by atoms with Gasteiger partial charge in [-0.1, -0.05) is 0 Å². The third-order valence-corrected chi connectivity index (χ3v) is 4.45. The topological polar surface area (TPSA) is 188 Å². The zero-order valence-electron chi connectivity index (χ0n) is 17.7. The highest BCUT2D eigenvalue weighted by Crippen LogP contribution is 2.39.